The van der Waals surface area contributed by atoms with E-state index in [0.717, 1.165) is 21.6 Å². The highest BCUT2D eigenvalue weighted by Crippen LogP contribution is 2.31. The molecule has 1 aromatic heterocycles. The number of nitrogens with zero attached hydrogens (tertiary/aromatic N) is 4. The van der Waals surface area contributed by atoms with E-state index >= 15 is 0 Å². The van der Waals surface area contributed by atoms with Gasteiger partial charge in [-0.25, -0.2) is 4.98 Å². The topological polar surface area (TPSA) is 457 Å². The van der Waals surface area contributed by atoms with Crippen molar-refractivity contribution in [2.24, 2.45) is 27.2 Å². The summed E-state index contributed by atoms with van der Waals surface area (Å²) < 4.78 is 11.7. The average molecular weight is 1130 g/mol. The lowest BCUT2D eigenvalue weighted by Crippen LogP contribution is -2.70. The number of hydrogen-bond acceptors (Lipinski definition) is 23. The summed E-state index contributed by atoms with van der Waals surface area (Å²) in [7, 11) is 0. The predicted molar refractivity (Wildman–Crippen MR) is 290 cm³/mol. The number of aromatic nitrogens is 1. The molecule has 5 amide bonds. The summed E-state index contributed by atoms with van der Waals surface area (Å²) in [5.74, 6) is -6.38. The lowest BCUT2D eigenvalue weighted by Gasteiger charge is -2.46. The molecule has 3 aliphatic heterocycles. The Morgan fingerprint density at radius 1 is 0.827 bits per heavy atom. The number of nitrogens with one attached hydrogen (secondary N) is 6. The molecule has 4 heterocycles. The van der Waals surface area contributed by atoms with Crippen LogP contribution in [0.3, 0.4) is 0 Å². The normalized spacial score (nSPS) is 24.0. The molecule has 1 saturated heterocycles. The first-order valence-electron chi connectivity index (χ1n) is 26.1. The van der Waals surface area contributed by atoms with Gasteiger partial charge in [-0.1, -0.05) is 76.2 Å². The number of guanidine groups is 2. The number of oxazole rings is 1. The summed E-state index contributed by atoms with van der Waals surface area (Å²) in [6.07, 6.45) is -12.8. The van der Waals surface area contributed by atoms with Crippen LogP contribution in [0.2, 0.25) is 0 Å². The van der Waals surface area contributed by atoms with Gasteiger partial charge in [-0.15, -0.1) is 0 Å². The SMILES string of the molecule is CC(c1ccccc1)[C@@H](C=O)NC(=O)CNC(=O)[C@H](CO)NC(=O)[C@H](NC(=O)[C@@H](NC(=O)[C@H](N)Cc1ccc2oc(-c3ccc(C(C)(C)C)cc3)nc2c1)C(O)C1CN=C(N)N1)[C@H](O)C1CN=C(N)N1[C@H]1O[C@H](CO)[C@@H](O)[C@H](O)[C@@H]1O. The first-order chi connectivity index (χ1) is 38.4. The Labute approximate surface area is 464 Å². The second-order valence-corrected chi connectivity index (χ2v) is 21.2. The van der Waals surface area contributed by atoms with Gasteiger partial charge in [-0.3, -0.25) is 34.0 Å². The van der Waals surface area contributed by atoms with E-state index < -0.39 is 153 Å². The van der Waals surface area contributed by atoms with Crippen LogP contribution in [0.4, 0.5) is 0 Å². The number of aliphatic hydroxyl groups excluding tert-OH is 7. The number of nitrogens with two attached hydrogens (primary N) is 3. The molecule has 0 bridgehead atoms. The maximum atomic E-state index is 14.7. The Hall–Kier alpha value is -7.67. The van der Waals surface area contributed by atoms with Crippen molar-refractivity contribution in [2.45, 2.75) is 131 Å². The van der Waals surface area contributed by atoms with Crippen molar-refractivity contribution < 1.29 is 73.7 Å². The molecule has 438 valence electrons. The van der Waals surface area contributed by atoms with E-state index in [2.05, 4.69) is 67.6 Å². The number of aliphatic imine (C=N–C) groups is 2. The van der Waals surface area contributed by atoms with Crippen LogP contribution < -0.4 is 49.1 Å². The number of carbonyl (C=O) groups excluding carboxylic acids is 6. The number of rotatable bonds is 23. The van der Waals surface area contributed by atoms with Gasteiger partial charge < -0.3 is 104 Å². The largest absolute Gasteiger partial charge is 0.436 e. The van der Waals surface area contributed by atoms with Gasteiger partial charge in [-0.2, -0.15) is 0 Å². The number of fused-ring (bicyclic) bond motifs is 1. The smallest absolute Gasteiger partial charge is 0.246 e. The van der Waals surface area contributed by atoms with Gasteiger partial charge in [0, 0.05) is 11.5 Å². The third-order valence-electron chi connectivity index (χ3n) is 14.5. The van der Waals surface area contributed by atoms with Crippen LogP contribution in [0.15, 0.2) is 87.2 Å². The molecule has 0 spiro atoms. The fourth-order valence-electron chi connectivity index (χ4n) is 9.58. The maximum absolute atomic E-state index is 14.7. The fraction of sp³-hybridized carbons (Fsp3) is 0.491. The summed E-state index contributed by atoms with van der Waals surface area (Å²) in [5.41, 5.74) is 22.5. The highest BCUT2D eigenvalue weighted by Gasteiger charge is 2.52. The molecule has 19 N–H and O–H groups in total. The van der Waals surface area contributed by atoms with E-state index in [1.807, 2.05) is 24.3 Å². The van der Waals surface area contributed by atoms with Gasteiger partial charge in [0.25, 0.3) is 0 Å². The third-order valence-corrected chi connectivity index (χ3v) is 14.5. The molecule has 28 heteroatoms. The number of aliphatic hydroxyl groups is 7. The van der Waals surface area contributed by atoms with Crippen LogP contribution in [-0.4, -0.2) is 211 Å². The van der Waals surface area contributed by atoms with Crippen molar-refractivity contribution in [3.05, 3.63) is 89.5 Å². The molecule has 0 saturated carbocycles. The van der Waals surface area contributed by atoms with Gasteiger partial charge in [-0.05, 0) is 52.8 Å². The van der Waals surface area contributed by atoms with Crippen LogP contribution in [0.5, 0.6) is 0 Å². The summed E-state index contributed by atoms with van der Waals surface area (Å²) in [4.78, 5) is 95.6. The number of benzene rings is 3. The van der Waals surface area contributed by atoms with E-state index in [9.17, 15) is 64.5 Å². The number of aldehydes is 1. The second kappa shape index (κ2) is 26.3. The predicted octanol–water partition coefficient (Wildman–Crippen LogP) is -5.48. The third kappa shape index (κ3) is 14.3. The van der Waals surface area contributed by atoms with E-state index in [0.29, 0.717) is 28.8 Å². The molecule has 15 atom stereocenters. The Morgan fingerprint density at radius 3 is 2.12 bits per heavy atom. The molecule has 3 aromatic carbocycles. The zero-order valence-corrected chi connectivity index (χ0v) is 44.8. The highest BCUT2D eigenvalue weighted by molar-refractivity contribution is 5.96. The molecule has 4 aromatic rings. The Kier molecular flexibility index (Phi) is 19.8. The Bertz CT molecular complexity index is 2940. The Balaban J connectivity index is 1.12. The molecule has 0 radical (unpaired) electrons. The summed E-state index contributed by atoms with van der Waals surface area (Å²) in [5, 5.41) is 91.2. The van der Waals surface area contributed by atoms with Crippen molar-refractivity contribution in [3.8, 4) is 11.5 Å². The first-order valence-corrected chi connectivity index (χ1v) is 26.1. The van der Waals surface area contributed by atoms with E-state index in [1.54, 1.807) is 55.5 Å². The van der Waals surface area contributed by atoms with Crippen molar-refractivity contribution in [1.29, 1.82) is 0 Å². The zero-order valence-electron chi connectivity index (χ0n) is 44.8. The van der Waals surface area contributed by atoms with Crippen LogP contribution in [0.1, 0.15) is 50.3 Å². The van der Waals surface area contributed by atoms with Gasteiger partial charge in [0.2, 0.25) is 35.4 Å². The number of hydrogen-bond donors (Lipinski definition) is 16. The summed E-state index contributed by atoms with van der Waals surface area (Å²) in [6.45, 7) is 4.54. The average Bonchev–Trinajstić information content (AvgIpc) is 4.37. The molecular formula is C53H71N13O15. The summed E-state index contributed by atoms with van der Waals surface area (Å²) >= 11 is 0. The second-order valence-electron chi connectivity index (χ2n) is 21.2. The van der Waals surface area contributed by atoms with Crippen molar-refractivity contribution in [3.63, 3.8) is 0 Å². The first kappa shape index (κ1) is 61.0. The maximum Gasteiger partial charge on any atom is 0.246 e. The van der Waals surface area contributed by atoms with E-state index in [1.165, 1.54) is 0 Å². The highest BCUT2D eigenvalue weighted by atomic mass is 16.6. The van der Waals surface area contributed by atoms with Gasteiger partial charge in [0.1, 0.15) is 66.6 Å². The Morgan fingerprint density at radius 2 is 1.49 bits per heavy atom. The number of ether oxygens (including phenoxy) is 1. The molecule has 81 heavy (non-hydrogen) atoms. The van der Waals surface area contributed by atoms with Crippen molar-refractivity contribution >= 4 is 58.8 Å². The minimum absolute atomic E-state index is 0.0751. The van der Waals surface area contributed by atoms with Crippen molar-refractivity contribution in [2.75, 3.05) is 32.8 Å². The molecule has 7 rings (SSSR count). The molecule has 0 aliphatic carbocycles. The molecule has 1 fully saturated rings. The van der Waals surface area contributed by atoms with Crippen LogP contribution in [0, 0.1) is 0 Å². The fourth-order valence-corrected chi connectivity index (χ4v) is 9.58. The van der Waals surface area contributed by atoms with Crippen molar-refractivity contribution in [1.82, 2.24) is 41.8 Å². The molecule has 4 unspecified atom stereocenters. The minimum atomic E-state index is -2.28. The monoisotopic (exact) mass is 1130 g/mol. The van der Waals surface area contributed by atoms with Crippen LogP contribution in [0.25, 0.3) is 22.6 Å². The zero-order chi connectivity index (χ0) is 59.0. The van der Waals surface area contributed by atoms with Gasteiger partial charge in [0.05, 0.1) is 57.0 Å². The number of carbonyl (C=O) groups is 6. The molecular weight excluding hydrogens is 1060 g/mol. The van der Waals surface area contributed by atoms with E-state index in [4.69, 9.17) is 26.4 Å². The quantitative estimate of drug-likeness (QED) is 0.0308. The minimum Gasteiger partial charge on any atom is -0.436 e. The van der Waals surface area contributed by atoms with E-state index in [-0.39, 0.29) is 24.3 Å². The van der Waals surface area contributed by atoms with Gasteiger partial charge in [0.15, 0.2) is 23.7 Å². The standard InChI is InChI=1S/C53H71N13O15/c1-24(26-8-6-5-7-9-26)32(21-67)60-37(70)20-57-46(77)33(22-68)61-47(78)39(41(72)34-19-59-52(56)66(34)50-44(75)43(74)42(73)36(23-69)81-50)65-48(79)38(40(71)31-18-58-51(55)63-31)64-45(76)29(54)16-25-10-15-35-30(17-25)62-49(80-35)27-11-13-28(14-12-27)53(2,3)4/h5-15,17,21,24,29,31-34,36,38-44,50,68-69,71-75H,16,18-20,22-23,54H2,1-4H3,(H2,56,59)(H,57,77)(H,60,70)(H,61,78)(H,64,76)(H,65,79)(H3,55,58,63)/t24?,29-,31?,32-,33+,34?,36-,38+,39-,40?,41-,42-,43+,44+,50+/m1/s1. The lowest BCUT2D eigenvalue weighted by atomic mass is 9.87. The number of amides is 5. The molecule has 28 nitrogen and oxygen atoms in total. The lowest BCUT2D eigenvalue weighted by molar-refractivity contribution is -0.260. The van der Waals surface area contributed by atoms with Crippen LogP contribution >= 0.6 is 0 Å². The molecule has 3 aliphatic rings. The van der Waals surface area contributed by atoms with Gasteiger partial charge >= 0.3 is 0 Å². The summed E-state index contributed by atoms with van der Waals surface area (Å²) in [6, 6.07) is 10.2. The van der Waals surface area contributed by atoms with Crippen LogP contribution in [-0.2, 0) is 45.3 Å².